The lowest BCUT2D eigenvalue weighted by Crippen LogP contribution is -2.31. The van der Waals surface area contributed by atoms with Gasteiger partial charge in [-0.2, -0.15) is 0 Å². The number of nitrogens with zero attached hydrogens (tertiary/aromatic N) is 5. The second-order valence-electron chi connectivity index (χ2n) is 7.63. The van der Waals surface area contributed by atoms with Gasteiger partial charge < -0.3 is 10.2 Å². The van der Waals surface area contributed by atoms with Gasteiger partial charge in [0.05, 0.1) is 14.7 Å². The van der Waals surface area contributed by atoms with Crippen molar-refractivity contribution in [3.63, 3.8) is 0 Å². The van der Waals surface area contributed by atoms with Gasteiger partial charge in [0, 0.05) is 44.4 Å². The van der Waals surface area contributed by atoms with Gasteiger partial charge in [-0.3, -0.25) is 20.2 Å². The molecular formula is C19H25N7O6S. The summed E-state index contributed by atoms with van der Waals surface area (Å²) in [6, 6.07) is 3.44. The standard InChI is InChI=1S/C19H25N7O6S/c1-13-16(25(27)28)10-15(11-17(13)26(29)30)33(31,32)21-7-6-20-18-12-19(23-14(2)22-18)24-8-4-3-5-9-24/h10-12,21H,3-9H2,1-2H3,(H,20,22,23). The van der Waals surface area contributed by atoms with Crippen molar-refractivity contribution < 1.29 is 18.3 Å². The molecular weight excluding hydrogens is 454 g/mol. The van der Waals surface area contributed by atoms with Crippen molar-refractivity contribution in [2.24, 2.45) is 0 Å². The predicted octanol–water partition coefficient (Wildman–Crippen LogP) is 2.29. The van der Waals surface area contributed by atoms with Gasteiger partial charge in [0.15, 0.2) is 0 Å². The Balaban J connectivity index is 1.68. The first-order valence-corrected chi connectivity index (χ1v) is 11.8. The van der Waals surface area contributed by atoms with Gasteiger partial charge in [-0.25, -0.2) is 23.1 Å². The van der Waals surface area contributed by atoms with Gasteiger partial charge in [-0.05, 0) is 33.1 Å². The average molecular weight is 480 g/mol. The topological polar surface area (TPSA) is 174 Å². The molecule has 13 nitrogen and oxygen atoms in total. The molecule has 0 amide bonds. The number of nitro benzene ring substituents is 2. The Bertz CT molecular complexity index is 1130. The number of piperidine rings is 1. The number of nitrogens with one attached hydrogen (secondary N) is 2. The van der Waals surface area contributed by atoms with E-state index in [1.54, 1.807) is 13.0 Å². The van der Waals surface area contributed by atoms with Gasteiger partial charge in [0.2, 0.25) is 10.0 Å². The quantitative estimate of drug-likeness (QED) is 0.308. The van der Waals surface area contributed by atoms with E-state index >= 15 is 0 Å². The summed E-state index contributed by atoms with van der Waals surface area (Å²) in [6.07, 6.45) is 3.39. The second kappa shape index (κ2) is 10.0. The Morgan fingerprint density at radius 1 is 0.970 bits per heavy atom. The zero-order chi connectivity index (χ0) is 24.2. The highest BCUT2D eigenvalue weighted by Gasteiger charge is 2.27. The Morgan fingerprint density at radius 2 is 1.58 bits per heavy atom. The van der Waals surface area contributed by atoms with Crippen LogP contribution < -0.4 is 14.9 Å². The smallest absolute Gasteiger partial charge is 0.280 e. The van der Waals surface area contributed by atoms with E-state index in [1.807, 2.05) is 0 Å². The number of nitro groups is 2. The van der Waals surface area contributed by atoms with Gasteiger partial charge in [0.25, 0.3) is 11.4 Å². The fourth-order valence-electron chi connectivity index (χ4n) is 3.58. The zero-order valence-electron chi connectivity index (χ0n) is 18.3. The van der Waals surface area contributed by atoms with Crippen molar-refractivity contribution in [2.45, 2.75) is 38.0 Å². The van der Waals surface area contributed by atoms with Crippen molar-refractivity contribution in [1.82, 2.24) is 14.7 Å². The molecule has 3 rings (SSSR count). The monoisotopic (exact) mass is 479 g/mol. The molecule has 1 saturated heterocycles. The van der Waals surface area contributed by atoms with Crippen LogP contribution in [-0.4, -0.2) is 54.4 Å². The maximum atomic E-state index is 12.6. The summed E-state index contributed by atoms with van der Waals surface area (Å²) in [6.45, 7) is 4.92. The van der Waals surface area contributed by atoms with Crippen molar-refractivity contribution in [2.75, 3.05) is 36.4 Å². The third-order valence-electron chi connectivity index (χ3n) is 5.26. The number of rotatable bonds is 9. The Kier molecular flexibility index (Phi) is 7.38. The van der Waals surface area contributed by atoms with E-state index in [-0.39, 0.29) is 18.7 Å². The minimum atomic E-state index is -4.22. The molecule has 0 radical (unpaired) electrons. The fourth-order valence-corrected chi connectivity index (χ4v) is 4.65. The number of anilines is 2. The minimum Gasteiger partial charge on any atom is -0.369 e. The maximum absolute atomic E-state index is 12.6. The van der Waals surface area contributed by atoms with E-state index in [9.17, 15) is 28.6 Å². The third kappa shape index (κ3) is 5.90. The zero-order valence-corrected chi connectivity index (χ0v) is 19.1. The first-order chi connectivity index (χ1) is 15.6. The largest absolute Gasteiger partial charge is 0.369 e. The summed E-state index contributed by atoms with van der Waals surface area (Å²) in [5, 5.41) is 25.4. The lowest BCUT2D eigenvalue weighted by molar-refractivity contribution is -0.395. The summed E-state index contributed by atoms with van der Waals surface area (Å²) in [7, 11) is -4.22. The fraction of sp³-hybridized carbons (Fsp3) is 0.474. The van der Waals surface area contributed by atoms with Crippen LogP contribution in [0.3, 0.4) is 0 Å². The van der Waals surface area contributed by atoms with E-state index in [2.05, 4.69) is 24.9 Å². The van der Waals surface area contributed by atoms with Gasteiger partial charge >= 0.3 is 0 Å². The average Bonchev–Trinajstić information content (AvgIpc) is 2.76. The highest BCUT2D eigenvalue weighted by Crippen LogP contribution is 2.31. The molecule has 33 heavy (non-hydrogen) atoms. The lowest BCUT2D eigenvalue weighted by Gasteiger charge is -2.28. The summed E-state index contributed by atoms with van der Waals surface area (Å²) in [4.78, 5) is 31.1. The van der Waals surface area contributed by atoms with Crippen LogP contribution in [-0.2, 0) is 10.0 Å². The first-order valence-electron chi connectivity index (χ1n) is 10.4. The molecule has 2 N–H and O–H groups in total. The van der Waals surface area contributed by atoms with Crippen LogP contribution >= 0.6 is 0 Å². The molecule has 0 atom stereocenters. The van der Waals surface area contributed by atoms with Crippen molar-refractivity contribution in [3.8, 4) is 0 Å². The molecule has 2 heterocycles. The maximum Gasteiger partial charge on any atom is 0.280 e. The van der Waals surface area contributed by atoms with Crippen LogP contribution in [0.4, 0.5) is 23.0 Å². The van der Waals surface area contributed by atoms with Crippen LogP contribution in [0.5, 0.6) is 0 Å². The molecule has 0 unspecified atom stereocenters. The Labute approximate surface area is 190 Å². The normalized spacial score (nSPS) is 14.2. The highest BCUT2D eigenvalue weighted by molar-refractivity contribution is 7.89. The number of hydrogen-bond acceptors (Lipinski definition) is 10. The minimum absolute atomic E-state index is 0.0695. The molecule has 1 aromatic heterocycles. The molecule has 1 aliphatic heterocycles. The van der Waals surface area contributed by atoms with E-state index in [1.165, 1.54) is 13.3 Å². The number of hydrogen-bond donors (Lipinski definition) is 2. The molecule has 1 fully saturated rings. The number of aromatic nitrogens is 2. The predicted molar refractivity (Wildman–Crippen MR) is 121 cm³/mol. The van der Waals surface area contributed by atoms with Crippen molar-refractivity contribution in [3.05, 3.63) is 49.8 Å². The Morgan fingerprint density at radius 3 is 2.15 bits per heavy atom. The van der Waals surface area contributed by atoms with Gasteiger partial charge in [-0.15, -0.1) is 0 Å². The molecule has 2 aromatic rings. The number of aryl methyl sites for hydroxylation is 1. The van der Waals surface area contributed by atoms with Crippen molar-refractivity contribution in [1.29, 1.82) is 0 Å². The summed E-state index contributed by atoms with van der Waals surface area (Å²) in [5.41, 5.74) is -1.48. The van der Waals surface area contributed by atoms with Crippen LogP contribution in [0, 0.1) is 34.1 Å². The van der Waals surface area contributed by atoms with Crippen LogP contribution in [0.2, 0.25) is 0 Å². The molecule has 1 aliphatic rings. The summed E-state index contributed by atoms with van der Waals surface area (Å²) >= 11 is 0. The highest BCUT2D eigenvalue weighted by atomic mass is 32.2. The SMILES string of the molecule is Cc1nc(NCCNS(=O)(=O)c2cc([N+](=O)[O-])c(C)c([N+](=O)[O-])c2)cc(N2CCCCC2)n1. The first kappa shape index (κ1) is 24.3. The van der Waals surface area contributed by atoms with Crippen LogP contribution in [0.25, 0.3) is 0 Å². The van der Waals surface area contributed by atoms with E-state index < -0.39 is 36.1 Å². The molecule has 14 heteroatoms. The van der Waals surface area contributed by atoms with Crippen LogP contribution in [0.15, 0.2) is 23.1 Å². The van der Waals surface area contributed by atoms with E-state index in [0.717, 1.165) is 43.9 Å². The Hall–Kier alpha value is -3.39. The number of benzene rings is 1. The van der Waals surface area contributed by atoms with E-state index in [0.29, 0.717) is 11.6 Å². The van der Waals surface area contributed by atoms with Gasteiger partial charge in [-0.1, -0.05) is 0 Å². The second-order valence-corrected chi connectivity index (χ2v) is 9.40. The lowest BCUT2D eigenvalue weighted by atomic mass is 10.1. The molecule has 0 aliphatic carbocycles. The van der Waals surface area contributed by atoms with Gasteiger partial charge in [0.1, 0.15) is 23.0 Å². The molecule has 0 bridgehead atoms. The molecule has 0 spiro atoms. The van der Waals surface area contributed by atoms with Crippen molar-refractivity contribution >= 4 is 33.0 Å². The molecule has 1 aromatic carbocycles. The summed E-state index contributed by atoms with van der Waals surface area (Å²) in [5.74, 6) is 1.94. The molecule has 178 valence electrons. The number of sulfonamides is 1. The summed E-state index contributed by atoms with van der Waals surface area (Å²) < 4.78 is 27.5. The molecule has 0 saturated carbocycles. The van der Waals surface area contributed by atoms with E-state index in [4.69, 9.17) is 0 Å². The third-order valence-corrected chi connectivity index (χ3v) is 6.70. The van der Waals surface area contributed by atoms with Crippen LogP contribution in [0.1, 0.15) is 30.7 Å².